The maximum Gasteiger partial charge on any atom is -0.0175 e. The average Bonchev–Trinajstić information content (AvgIpc) is 2.37. The van der Waals surface area contributed by atoms with E-state index in [1.165, 1.54) is 44.1 Å². The van der Waals surface area contributed by atoms with Crippen molar-refractivity contribution in [2.75, 3.05) is 0 Å². The van der Waals surface area contributed by atoms with Crippen molar-refractivity contribution in [1.29, 1.82) is 0 Å². The van der Waals surface area contributed by atoms with Crippen LogP contribution in [0.3, 0.4) is 0 Å². The Morgan fingerprint density at radius 1 is 1.06 bits per heavy atom. The summed E-state index contributed by atoms with van der Waals surface area (Å²) in [4.78, 5) is 0. The zero-order chi connectivity index (χ0) is 13.3. The summed E-state index contributed by atoms with van der Waals surface area (Å²) in [6.07, 6.45) is 12.4. The largest absolute Gasteiger partial charge is 0.0880 e. The minimum absolute atomic E-state index is 0.378. The summed E-state index contributed by atoms with van der Waals surface area (Å²) in [5.74, 6) is 0. The number of hydrogen-bond donors (Lipinski definition) is 0. The molecule has 0 N–H and O–H groups in total. The summed E-state index contributed by atoms with van der Waals surface area (Å²) >= 11 is 0. The van der Waals surface area contributed by atoms with Crippen LogP contribution in [0.1, 0.15) is 58.4 Å². The van der Waals surface area contributed by atoms with E-state index in [2.05, 4.69) is 63.3 Å². The van der Waals surface area contributed by atoms with Gasteiger partial charge in [0.1, 0.15) is 0 Å². The Morgan fingerprint density at radius 3 is 2.44 bits per heavy atom. The second kappa shape index (κ2) is 8.13. The van der Waals surface area contributed by atoms with E-state index >= 15 is 0 Å². The van der Waals surface area contributed by atoms with E-state index in [4.69, 9.17) is 0 Å². The van der Waals surface area contributed by atoms with Crippen LogP contribution < -0.4 is 0 Å². The number of benzene rings is 1. The van der Waals surface area contributed by atoms with Crippen LogP contribution in [0.15, 0.2) is 42.5 Å². The molecule has 1 aromatic rings. The van der Waals surface area contributed by atoms with Gasteiger partial charge < -0.3 is 0 Å². The van der Waals surface area contributed by atoms with Crippen molar-refractivity contribution in [2.24, 2.45) is 5.41 Å². The molecular formula is C18H28. The third-order valence-electron chi connectivity index (χ3n) is 3.42. The Kier molecular flexibility index (Phi) is 6.78. The fourth-order valence-corrected chi connectivity index (χ4v) is 2.19. The fraction of sp³-hybridized carbons (Fsp3) is 0.556. The maximum absolute atomic E-state index is 2.41. The first-order valence-corrected chi connectivity index (χ1v) is 7.36. The first-order valence-electron chi connectivity index (χ1n) is 7.36. The predicted molar refractivity (Wildman–Crippen MR) is 81.8 cm³/mol. The highest BCUT2D eigenvalue weighted by molar-refractivity contribution is 5.14. The fourth-order valence-electron chi connectivity index (χ4n) is 2.19. The van der Waals surface area contributed by atoms with E-state index < -0.39 is 0 Å². The number of allylic oxidation sites excluding steroid dienone is 2. The Hall–Kier alpha value is -1.04. The normalized spacial score (nSPS) is 12.2. The monoisotopic (exact) mass is 244 g/mol. The van der Waals surface area contributed by atoms with Crippen LogP contribution in [0.25, 0.3) is 0 Å². The molecule has 18 heavy (non-hydrogen) atoms. The minimum atomic E-state index is 0.378. The lowest BCUT2D eigenvalue weighted by molar-refractivity contribution is 0.417. The first-order chi connectivity index (χ1) is 8.64. The molecule has 0 heterocycles. The summed E-state index contributed by atoms with van der Waals surface area (Å²) in [7, 11) is 0. The number of aryl methyl sites for hydroxylation is 1. The molecular weight excluding hydrogens is 216 g/mol. The standard InChI is InChI=1S/C18H28/c1-4-5-15-18(2,3)16-11-7-10-14-17-12-8-6-9-13-17/h6,8-9,11-13,16H,4-5,7,10,14-15H2,1-3H3/b16-11+. The molecule has 0 bridgehead atoms. The van der Waals surface area contributed by atoms with Crippen LogP contribution in [0.2, 0.25) is 0 Å². The molecule has 1 rings (SSSR count). The topological polar surface area (TPSA) is 0 Å². The van der Waals surface area contributed by atoms with Crippen LogP contribution in [-0.2, 0) is 6.42 Å². The highest BCUT2D eigenvalue weighted by Gasteiger charge is 2.11. The number of hydrogen-bond acceptors (Lipinski definition) is 0. The molecule has 0 aromatic heterocycles. The molecule has 0 aliphatic rings. The molecule has 0 aliphatic heterocycles. The summed E-state index contributed by atoms with van der Waals surface area (Å²) in [5, 5.41) is 0. The molecule has 0 spiro atoms. The third-order valence-corrected chi connectivity index (χ3v) is 3.42. The van der Waals surface area contributed by atoms with E-state index in [1.807, 2.05) is 0 Å². The van der Waals surface area contributed by atoms with E-state index in [-0.39, 0.29) is 0 Å². The van der Waals surface area contributed by atoms with Gasteiger partial charge in [0.15, 0.2) is 0 Å². The lowest BCUT2D eigenvalue weighted by Crippen LogP contribution is -2.06. The van der Waals surface area contributed by atoms with E-state index in [1.54, 1.807) is 0 Å². The second-order valence-electron chi connectivity index (χ2n) is 5.87. The summed E-state index contributed by atoms with van der Waals surface area (Å²) in [6, 6.07) is 10.8. The smallest absolute Gasteiger partial charge is 0.0175 e. The molecule has 0 nitrogen and oxygen atoms in total. The zero-order valence-electron chi connectivity index (χ0n) is 12.3. The Balaban J connectivity index is 2.21. The van der Waals surface area contributed by atoms with Crippen molar-refractivity contribution in [3.63, 3.8) is 0 Å². The van der Waals surface area contributed by atoms with Crippen LogP contribution in [0.4, 0.5) is 0 Å². The summed E-state index contributed by atoms with van der Waals surface area (Å²) < 4.78 is 0. The van der Waals surface area contributed by atoms with Crippen LogP contribution >= 0.6 is 0 Å². The highest BCUT2D eigenvalue weighted by Crippen LogP contribution is 2.25. The van der Waals surface area contributed by atoms with Gasteiger partial charge in [-0.2, -0.15) is 0 Å². The third kappa shape index (κ3) is 6.64. The Morgan fingerprint density at radius 2 is 1.78 bits per heavy atom. The van der Waals surface area contributed by atoms with Gasteiger partial charge in [-0.05, 0) is 36.7 Å². The Bertz CT molecular complexity index is 332. The molecule has 1 aromatic carbocycles. The van der Waals surface area contributed by atoms with Gasteiger partial charge in [0.25, 0.3) is 0 Å². The zero-order valence-corrected chi connectivity index (χ0v) is 12.3. The first kappa shape index (κ1) is 15.0. The van der Waals surface area contributed by atoms with E-state index in [0.717, 1.165) is 0 Å². The van der Waals surface area contributed by atoms with Crippen LogP contribution in [-0.4, -0.2) is 0 Å². The molecule has 0 heteroatoms. The molecule has 0 amide bonds. The van der Waals surface area contributed by atoms with Crippen molar-refractivity contribution in [3.05, 3.63) is 48.0 Å². The predicted octanol–water partition coefficient (Wildman–Crippen LogP) is 5.78. The van der Waals surface area contributed by atoms with Crippen molar-refractivity contribution in [2.45, 2.75) is 59.3 Å². The SMILES string of the molecule is CCCCC(C)(C)/C=C/CCCc1ccccc1. The molecule has 0 saturated carbocycles. The lowest BCUT2D eigenvalue weighted by atomic mass is 9.86. The molecule has 0 radical (unpaired) electrons. The van der Waals surface area contributed by atoms with Crippen molar-refractivity contribution >= 4 is 0 Å². The van der Waals surface area contributed by atoms with Crippen molar-refractivity contribution in [3.8, 4) is 0 Å². The molecule has 0 atom stereocenters. The van der Waals surface area contributed by atoms with Crippen LogP contribution in [0, 0.1) is 5.41 Å². The van der Waals surface area contributed by atoms with Gasteiger partial charge in [0.05, 0.1) is 0 Å². The number of rotatable bonds is 8. The summed E-state index contributed by atoms with van der Waals surface area (Å²) in [6.45, 7) is 6.95. The second-order valence-corrected chi connectivity index (χ2v) is 5.87. The molecule has 0 aliphatic carbocycles. The van der Waals surface area contributed by atoms with Gasteiger partial charge in [-0.15, -0.1) is 0 Å². The molecule has 0 saturated heterocycles. The summed E-state index contributed by atoms with van der Waals surface area (Å²) in [5.41, 5.74) is 1.83. The highest BCUT2D eigenvalue weighted by atomic mass is 14.2. The molecule has 100 valence electrons. The molecule has 0 unspecified atom stereocenters. The van der Waals surface area contributed by atoms with E-state index in [0.29, 0.717) is 5.41 Å². The van der Waals surface area contributed by atoms with Gasteiger partial charge >= 0.3 is 0 Å². The average molecular weight is 244 g/mol. The lowest BCUT2D eigenvalue weighted by Gasteiger charge is -2.19. The van der Waals surface area contributed by atoms with Crippen molar-refractivity contribution < 1.29 is 0 Å². The number of unbranched alkanes of at least 4 members (excludes halogenated alkanes) is 2. The van der Waals surface area contributed by atoms with Gasteiger partial charge in [-0.3, -0.25) is 0 Å². The van der Waals surface area contributed by atoms with Crippen LogP contribution in [0.5, 0.6) is 0 Å². The van der Waals surface area contributed by atoms with Gasteiger partial charge in [-0.1, -0.05) is 76.1 Å². The van der Waals surface area contributed by atoms with Gasteiger partial charge in [0, 0.05) is 0 Å². The Labute approximate surface area is 113 Å². The van der Waals surface area contributed by atoms with Gasteiger partial charge in [-0.25, -0.2) is 0 Å². The molecule has 0 fully saturated rings. The maximum atomic E-state index is 2.41. The minimum Gasteiger partial charge on any atom is -0.0880 e. The quantitative estimate of drug-likeness (QED) is 0.401. The van der Waals surface area contributed by atoms with E-state index in [9.17, 15) is 0 Å². The van der Waals surface area contributed by atoms with Crippen molar-refractivity contribution in [1.82, 2.24) is 0 Å². The van der Waals surface area contributed by atoms with Gasteiger partial charge in [0.2, 0.25) is 0 Å².